The van der Waals surface area contributed by atoms with E-state index in [1.165, 1.54) is 32.1 Å². The van der Waals surface area contributed by atoms with Gasteiger partial charge in [0.2, 0.25) is 5.91 Å². The lowest BCUT2D eigenvalue weighted by atomic mass is 9.81. The molecule has 1 fully saturated rings. The average Bonchev–Trinajstić information content (AvgIpc) is 2.34. The Kier molecular flexibility index (Phi) is 6.51. The van der Waals surface area contributed by atoms with Crippen LogP contribution >= 0.6 is 0 Å². The molecule has 1 saturated carbocycles. The number of hydrogen-bond acceptors (Lipinski definition) is 1. The molecule has 2 heteroatoms. The largest absolute Gasteiger partial charge is 0.356 e. The molecule has 1 aliphatic carbocycles. The van der Waals surface area contributed by atoms with Crippen LogP contribution in [0.3, 0.4) is 0 Å². The van der Waals surface area contributed by atoms with E-state index < -0.39 is 0 Å². The van der Waals surface area contributed by atoms with Gasteiger partial charge in [-0.05, 0) is 31.1 Å². The van der Waals surface area contributed by atoms with Gasteiger partial charge in [0.15, 0.2) is 0 Å². The molecule has 0 atom stereocenters. The van der Waals surface area contributed by atoms with E-state index in [9.17, 15) is 4.79 Å². The lowest BCUT2D eigenvalue weighted by molar-refractivity contribution is -0.121. The van der Waals surface area contributed by atoms with E-state index in [0.717, 1.165) is 31.2 Å². The smallest absolute Gasteiger partial charge is 0.220 e. The van der Waals surface area contributed by atoms with Gasteiger partial charge in [0.05, 0.1) is 0 Å². The first kappa shape index (κ1) is 13.5. The highest BCUT2D eigenvalue weighted by molar-refractivity contribution is 5.75. The Bertz CT molecular complexity index is 195. The van der Waals surface area contributed by atoms with Crippen LogP contribution in [-0.4, -0.2) is 12.5 Å². The van der Waals surface area contributed by atoms with Crippen molar-refractivity contribution in [2.45, 2.75) is 65.2 Å². The molecule has 0 aromatic heterocycles. The number of rotatable bonds is 6. The summed E-state index contributed by atoms with van der Waals surface area (Å²) in [5.41, 5.74) is 0. The topological polar surface area (TPSA) is 29.1 Å². The first-order chi connectivity index (χ1) is 7.76. The van der Waals surface area contributed by atoms with Crippen LogP contribution in [0.5, 0.6) is 0 Å². The maximum absolute atomic E-state index is 11.5. The van der Waals surface area contributed by atoms with Gasteiger partial charge in [-0.15, -0.1) is 0 Å². The van der Waals surface area contributed by atoms with Crippen molar-refractivity contribution < 1.29 is 4.79 Å². The third-order valence-corrected chi connectivity index (χ3v) is 3.89. The lowest BCUT2D eigenvalue weighted by Gasteiger charge is -2.27. The summed E-state index contributed by atoms with van der Waals surface area (Å²) < 4.78 is 0. The van der Waals surface area contributed by atoms with Crippen molar-refractivity contribution in [3.05, 3.63) is 0 Å². The van der Waals surface area contributed by atoms with Gasteiger partial charge in [0, 0.05) is 13.0 Å². The molecule has 1 amide bonds. The zero-order valence-electron chi connectivity index (χ0n) is 10.9. The van der Waals surface area contributed by atoms with E-state index in [-0.39, 0.29) is 5.91 Å². The molecule has 0 heterocycles. The maximum atomic E-state index is 11.5. The number of carbonyl (C=O) groups excluding carboxylic acids is 1. The number of nitrogens with one attached hydrogen (secondary N) is 1. The highest BCUT2D eigenvalue weighted by Gasteiger charge is 2.19. The molecule has 1 aliphatic rings. The second-order valence-corrected chi connectivity index (χ2v) is 5.20. The number of amides is 1. The van der Waals surface area contributed by atoms with Gasteiger partial charge in [0.25, 0.3) is 0 Å². The Morgan fingerprint density at radius 2 is 1.75 bits per heavy atom. The van der Waals surface area contributed by atoms with Crippen molar-refractivity contribution >= 4 is 5.91 Å². The van der Waals surface area contributed by atoms with Crippen LogP contribution in [-0.2, 0) is 4.79 Å². The molecule has 0 bridgehead atoms. The predicted molar refractivity (Wildman–Crippen MR) is 68.3 cm³/mol. The summed E-state index contributed by atoms with van der Waals surface area (Å²) in [6, 6.07) is 0. The minimum Gasteiger partial charge on any atom is -0.356 e. The molecule has 0 spiro atoms. The van der Waals surface area contributed by atoms with Crippen LogP contribution in [0.4, 0.5) is 0 Å². The van der Waals surface area contributed by atoms with Gasteiger partial charge in [-0.25, -0.2) is 0 Å². The van der Waals surface area contributed by atoms with Crippen LogP contribution in [0, 0.1) is 11.8 Å². The molecular weight excluding hydrogens is 198 g/mol. The van der Waals surface area contributed by atoms with Gasteiger partial charge in [-0.2, -0.15) is 0 Å². The highest BCUT2D eigenvalue weighted by Crippen LogP contribution is 2.30. The van der Waals surface area contributed by atoms with Crippen molar-refractivity contribution in [1.82, 2.24) is 5.32 Å². The van der Waals surface area contributed by atoms with E-state index in [1.807, 2.05) is 0 Å². The maximum Gasteiger partial charge on any atom is 0.220 e. The molecule has 0 aliphatic heterocycles. The van der Waals surface area contributed by atoms with Crippen molar-refractivity contribution in [3.63, 3.8) is 0 Å². The third kappa shape index (κ3) is 5.00. The summed E-state index contributed by atoms with van der Waals surface area (Å²) in [6.07, 6.45) is 9.52. The van der Waals surface area contributed by atoms with Crippen LogP contribution in [0.25, 0.3) is 0 Å². The summed E-state index contributed by atoms with van der Waals surface area (Å²) in [5.74, 6) is 1.94. The zero-order valence-corrected chi connectivity index (χ0v) is 10.9. The van der Waals surface area contributed by atoms with E-state index in [1.54, 1.807) is 0 Å². The van der Waals surface area contributed by atoms with Gasteiger partial charge in [-0.3, -0.25) is 4.79 Å². The fourth-order valence-electron chi connectivity index (χ4n) is 2.53. The molecule has 2 nitrogen and oxygen atoms in total. The fourth-order valence-corrected chi connectivity index (χ4v) is 2.53. The molecule has 0 aromatic rings. The Labute approximate surface area is 100 Å². The van der Waals surface area contributed by atoms with E-state index >= 15 is 0 Å². The van der Waals surface area contributed by atoms with Gasteiger partial charge >= 0.3 is 0 Å². The molecule has 0 aromatic carbocycles. The first-order valence-corrected chi connectivity index (χ1v) is 7.02. The van der Waals surface area contributed by atoms with Crippen LogP contribution in [0.2, 0.25) is 0 Å². The Morgan fingerprint density at radius 1 is 1.12 bits per heavy atom. The van der Waals surface area contributed by atoms with Crippen molar-refractivity contribution in [1.29, 1.82) is 0 Å². The highest BCUT2D eigenvalue weighted by atomic mass is 16.1. The monoisotopic (exact) mass is 225 g/mol. The normalized spacial score (nSPS) is 25.4. The lowest BCUT2D eigenvalue weighted by Crippen LogP contribution is -2.31. The standard InChI is InChI=1S/C14H27NO/c1-3-5-6-14(16)15-11-13-9-7-12(4-2)8-10-13/h12-13H,3-11H2,1-2H3,(H,15,16). The van der Waals surface area contributed by atoms with E-state index in [2.05, 4.69) is 19.2 Å². The van der Waals surface area contributed by atoms with E-state index in [4.69, 9.17) is 0 Å². The van der Waals surface area contributed by atoms with Crippen LogP contribution in [0.15, 0.2) is 0 Å². The fraction of sp³-hybridized carbons (Fsp3) is 0.929. The quantitative estimate of drug-likeness (QED) is 0.736. The molecule has 94 valence electrons. The zero-order chi connectivity index (χ0) is 11.8. The van der Waals surface area contributed by atoms with E-state index in [0.29, 0.717) is 6.42 Å². The molecule has 1 rings (SSSR count). The SMILES string of the molecule is CCCCC(=O)NCC1CCC(CC)CC1. The minimum absolute atomic E-state index is 0.250. The van der Waals surface area contributed by atoms with Crippen molar-refractivity contribution in [3.8, 4) is 0 Å². The van der Waals surface area contributed by atoms with Gasteiger partial charge < -0.3 is 5.32 Å². The van der Waals surface area contributed by atoms with Crippen LogP contribution < -0.4 is 5.32 Å². The van der Waals surface area contributed by atoms with Crippen LogP contribution in [0.1, 0.15) is 65.2 Å². The molecule has 0 radical (unpaired) electrons. The molecule has 1 N–H and O–H groups in total. The Balaban J connectivity index is 2.07. The number of carbonyl (C=O) groups is 1. The summed E-state index contributed by atoms with van der Waals surface area (Å²) in [7, 11) is 0. The minimum atomic E-state index is 0.250. The molecule has 0 saturated heterocycles. The summed E-state index contributed by atoms with van der Waals surface area (Å²) in [5, 5.41) is 3.08. The Morgan fingerprint density at radius 3 is 2.31 bits per heavy atom. The number of unbranched alkanes of at least 4 members (excludes halogenated alkanes) is 1. The van der Waals surface area contributed by atoms with Crippen molar-refractivity contribution in [2.24, 2.45) is 11.8 Å². The van der Waals surface area contributed by atoms with Gasteiger partial charge in [-0.1, -0.05) is 39.5 Å². The van der Waals surface area contributed by atoms with Crippen molar-refractivity contribution in [2.75, 3.05) is 6.54 Å². The second-order valence-electron chi connectivity index (χ2n) is 5.20. The van der Waals surface area contributed by atoms with Gasteiger partial charge in [0.1, 0.15) is 0 Å². The average molecular weight is 225 g/mol. The summed E-state index contributed by atoms with van der Waals surface area (Å²) in [4.78, 5) is 11.5. The summed E-state index contributed by atoms with van der Waals surface area (Å²) in [6.45, 7) is 5.33. The molecule has 16 heavy (non-hydrogen) atoms. The summed E-state index contributed by atoms with van der Waals surface area (Å²) >= 11 is 0. The third-order valence-electron chi connectivity index (χ3n) is 3.89. The first-order valence-electron chi connectivity index (χ1n) is 7.02. The second kappa shape index (κ2) is 7.70. The molecule has 0 unspecified atom stereocenters. The predicted octanol–water partition coefficient (Wildman–Crippen LogP) is 3.51. The Hall–Kier alpha value is -0.530. The number of hydrogen-bond donors (Lipinski definition) is 1. The molecular formula is C14H27NO.